The summed E-state index contributed by atoms with van der Waals surface area (Å²) in [4.78, 5) is 28.3. The summed E-state index contributed by atoms with van der Waals surface area (Å²) >= 11 is 0. The number of methoxy groups -OCH3 is 1. The van der Waals surface area contributed by atoms with Crippen molar-refractivity contribution in [3.63, 3.8) is 0 Å². The molecule has 0 spiro atoms. The maximum atomic E-state index is 14.0. The quantitative estimate of drug-likeness (QED) is 0.398. The monoisotopic (exact) mass is 537 g/mol. The van der Waals surface area contributed by atoms with Crippen molar-refractivity contribution in [3.8, 4) is 5.75 Å². The lowest BCUT2D eigenvalue weighted by atomic mass is 10.1. The van der Waals surface area contributed by atoms with E-state index in [1.807, 2.05) is 45.0 Å². The van der Waals surface area contributed by atoms with Gasteiger partial charge in [-0.15, -0.1) is 0 Å². The number of amides is 2. The number of nitrogens with one attached hydrogen (secondary N) is 1. The molecule has 9 heteroatoms. The molecule has 0 bridgehead atoms. The molecule has 0 saturated heterocycles. The van der Waals surface area contributed by atoms with Gasteiger partial charge in [-0.25, -0.2) is 8.42 Å². The first kappa shape index (κ1) is 28.7. The Morgan fingerprint density at radius 2 is 1.58 bits per heavy atom. The molecule has 8 nitrogen and oxygen atoms in total. The standard InChI is InChI=1S/C29H35N3O5S/c1-6-25(29(34)30-4)31(19-23-12-8-7-11-22(23)3)28(33)20-32(26-13-9-10-14-27(26)37-5)38(35,36)24-17-15-21(2)16-18-24/h7-18,25H,6,19-20H2,1-5H3,(H,30,34)/t25-/m0/s1. The van der Waals surface area contributed by atoms with Gasteiger partial charge < -0.3 is 15.0 Å². The normalized spacial score (nSPS) is 11.9. The molecule has 0 heterocycles. The third-order valence-electron chi connectivity index (χ3n) is 6.48. The number of rotatable bonds is 11. The highest BCUT2D eigenvalue weighted by Crippen LogP contribution is 2.32. The fourth-order valence-corrected chi connectivity index (χ4v) is 5.67. The Morgan fingerprint density at radius 1 is 0.947 bits per heavy atom. The van der Waals surface area contributed by atoms with Crippen LogP contribution in [0.3, 0.4) is 0 Å². The summed E-state index contributed by atoms with van der Waals surface area (Å²) in [5.41, 5.74) is 2.97. The van der Waals surface area contributed by atoms with Crippen LogP contribution in [0.2, 0.25) is 0 Å². The van der Waals surface area contributed by atoms with Gasteiger partial charge in [-0.2, -0.15) is 0 Å². The largest absolute Gasteiger partial charge is 0.495 e. The van der Waals surface area contributed by atoms with Gasteiger partial charge >= 0.3 is 0 Å². The van der Waals surface area contributed by atoms with E-state index in [4.69, 9.17) is 4.74 Å². The molecule has 0 radical (unpaired) electrons. The Morgan fingerprint density at radius 3 is 2.18 bits per heavy atom. The molecule has 2 amide bonds. The van der Waals surface area contributed by atoms with Crippen LogP contribution in [0.1, 0.15) is 30.0 Å². The van der Waals surface area contributed by atoms with Crippen LogP contribution in [0.4, 0.5) is 5.69 Å². The first-order valence-corrected chi connectivity index (χ1v) is 13.9. The number of benzene rings is 3. The fraction of sp³-hybridized carbons (Fsp3) is 0.310. The van der Waals surface area contributed by atoms with Crippen LogP contribution in [0, 0.1) is 13.8 Å². The number of hydrogen-bond acceptors (Lipinski definition) is 5. The summed E-state index contributed by atoms with van der Waals surface area (Å²) in [5, 5.41) is 2.63. The number of aryl methyl sites for hydroxylation is 2. The third-order valence-corrected chi connectivity index (χ3v) is 8.25. The number of carbonyl (C=O) groups excluding carboxylic acids is 2. The van der Waals surface area contributed by atoms with E-state index in [2.05, 4.69) is 5.32 Å². The van der Waals surface area contributed by atoms with E-state index >= 15 is 0 Å². The highest BCUT2D eigenvalue weighted by atomic mass is 32.2. The smallest absolute Gasteiger partial charge is 0.264 e. The molecule has 3 aromatic rings. The van der Waals surface area contributed by atoms with Gasteiger partial charge in [0, 0.05) is 13.6 Å². The first-order chi connectivity index (χ1) is 18.1. The van der Waals surface area contributed by atoms with E-state index in [9.17, 15) is 18.0 Å². The van der Waals surface area contributed by atoms with Gasteiger partial charge in [-0.3, -0.25) is 13.9 Å². The molecule has 1 N–H and O–H groups in total. The van der Waals surface area contributed by atoms with Crippen molar-refractivity contribution in [3.05, 3.63) is 89.5 Å². The van der Waals surface area contributed by atoms with Crippen molar-refractivity contribution in [1.82, 2.24) is 10.2 Å². The van der Waals surface area contributed by atoms with E-state index in [1.165, 1.54) is 31.2 Å². The Bertz CT molecular complexity index is 1370. The summed E-state index contributed by atoms with van der Waals surface area (Å²) < 4.78 is 34.4. The fourth-order valence-electron chi connectivity index (χ4n) is 4.24. The maximum absolute atomic E-state index is 14.0. The Hall–Kier alpha value is -3.85. The van der Waals surface area contributed by atoms with Gasteiger partial charge in [0.05, 0.1) is 17.7 Å². The second-order valence-electron chi connectivity index (χ2n) is 8.98. The molecule has 0 fully saturated rings. The minimum Gasteiger partial charge on any atom is -0.495 e. The molecule has 3 aromatic carbocycles. The van der Waals surface area contributed by atoms with Gasteiger partial charge in [0.2, 0.25) is 11.8 Å². The molecule has 0 saturated carbocycles. The van der Waals surface area contributed by atoms with E-state index in [1.54, 1.807) is 36.4 Å². The van der Waals surface area contributed by atoms with Gasteiger partial charge in [-0.1, -0.05) is 61.0 Å². The summed E-state index contributed by atoms with van der Waals surface area (Å²) in [7, 11) is -1.20. The van der Waals surface area contributed by atoms with Crippen LogP contribution in [-0.2, 0) is 26.2 Å². The SMILES string of the molecule is CC[C@@H](C(=O)NC)N(Cc1ccccc1C)C(=O)CN(c1ccccc1OC)S(=O)(=O)c1ccc(C)cc1. The van der Waals surface area contributed by atoms with Crippen molar-refractivity contribution >= 4 is 27.5 Å². The number of para-hydroxylation sites is 2. The Kier molecular flexibility index (Phi) is 9.52. The number of ether oxygens (including phenoxy) is 1. The zero-order chi connectivity index (χ0) is 27.9. The zero-order valence-electron chi connectivity index (χ0n) is 22.5. The first-order valence-electron chi connectivity index (χ1n) is 12.4. The number of likely N-dealkylation sites (N-methyl/N-ethyl adjacent to an activating group) is 1. The third kappa shape index (κ3) is 6.34. The number of sulfonamides is 1. The van der Waals surface area contributed by atoms with E-state index in [0.717, 1.165) is 21.0 Å². The predicted octanol–water partition coefficient (Wildman–Crippen LogP) is 4.06. The van der Waals surface area contributed by atoms with Crippen LogP contribution < -0.4 is 14.4 Å². The Labute approximate surface area is 225 Å². The molecule has 0 aromatic heterocycles. The van der Waals surface area contributed by atoms with Crippen LogP contribution in [0.15, 0.2) is 77.7 Å². The minimum absolute atomic E-state index is 0.0469. The van der Waals surface area contributed by atoms with Crippen LogP contribution in [0.25, 0.3) is 0 Å². The lowest BCUT2D eigenvalue weighted by Crippen LogP contribution is -2.51. The molecule has 202 valence electrons. The van der Waals surface area contributed by atoms with Gasteiger partial charge in [0.25, 0.3) is 10.0 Å². The van der Waals surface area contributed by atoms with E-state index in [0.29, 0.717) is 12.2 Å². The van der Waals surface area contributed by atoms with Gasteiger partial charge in [0.1, 0.15) is 18.3 Å². The second kappa shape index (κ2) is 12.6. The highest BCUT2D eigenvalue weighted by molar-refractivity contribution is 7.92. The molecule has 0 aliphatic rings. The molecule has 38 heavy (non-hydrogen) atoms. The van der Waals surface area contributed by atoms with Crippen molar-refractivity contribution in [2.45, 2.75) is 44.7 Å². The van der Waals surface area contributed by atoms with Crippen molar-refractivity contribution in [1.29, 1.82) is 0 Å². The average Bonchev–Trinajstić information content (AvgIpc) is 2.92. The molecule has 1 atom stereocenters. The molecular weight excluding hydrogens is 502 g/mol. The number of carbonyl (C=O) groups is 2. The maximum Gasteiger partial charge on any atom is 0.264 e. The lowest BCUT2D eigenvalue weighted by Gasteiger charge is -2.33. The van der Waals surface area contributed by atoms with Crippen molar-refractivity contribution < 1.29 is 22.7 Å². The Balaban J connectivity index is 2.11. The second-order valence-corrected chi connectivity index (χ2v) is 10.8. The predicted molar refractivity (Wildman–Crippen MR) is 149 cm³/mol. The van der Waals surface area contributed by atoms with Crippen molar-refractivity contribution in [2.24, 2.45) is 0 Å². The van der Waals surface area contributed by atoms with Crippen LogP contribution >= 0.6 is 0 Å². The number of hydrogen-bond donors (Lipinski definition) is 1. The van der Waals surface area contributed by atoms with E-state index in [-0.39, 0.29) is 23.0 Å². The minimum atomic E-state index is -4.17. The number of anilines is 1. The van der Waals surface area contributed by atoms with Gasteiger partial charge in [-0.05, 0) is 55.7 Å². The van der Waals surface area contributed by atoms with Gasteiger partial charge in [0.15, 0.2) is 0 Å². The summed E-state index contributed by atoms with van der Waals surface area (Å²) in [6.45, 7) is 5.25. The summed E-state index contributed by atoms with van der Waals surface area (Å²) in [6, 6.07) is 19.9. The van der Waals surface area contributed by atoms with Crippen LogP contribution in [0.5, 0.6) is 5.75 Å². The highest BCUT2D eigenvalue weighted by Gasteiger charge is 2.34. The van der Waals surface area contributed by atoms with E-state index < -0.39 is 28.5 Å². The molecular formula is C29H35N3O5S. The molecule has 0 unspecified atom stereocenters. The number of nitrogens with zero attached hydrogens (tertiary/aromatic N) is 2. The lowest BCUT2D eigenvalue weighted by molar-refractivity contribution is -0.140. The molecule has 0 aliphatic carbocycles. The average molecular weight is 538 g/mol. The van der Waals surface area contributed by atoms with Crippen molar-refractivity contribution in [2.75, 3.05) is 25.0 Å². The molecule has 0 aliphatic heterocycles. The molecule has 3 rings (SSSR count). The van der Waals surface area contributed by atoms with Crippen LogP contribution in [-0.4, -0.2) is 51.9 Å². The zero-order valence-corrected chi connectivity index (χ0v) is 23.3. The summed E-state index contributed by atoms with van der Waals surface area (Å²) in [5.74, 6) is -0.523. The topological polar surface area (TPSA) is 96.0 Å². The summed E-state index contributed by atoms with van der Waals surface area (Å²) in [6.07, 6.45) is 0.358.